The SMILES string of the molecule is Cc1nc2ncc3c(=O)n(CC(=O)NCCc4ccco4)ccc3n2n1. The molecule has 0 bridgehead atoms. The molecule has 0 fully saturated rings. The van der Waals surface area contributed by atoms with E-state index in [2.05, 4.69) is 20.4 Å². The largest absolute Gasteiger partial charge is 0.469 e. The molecule has 132 valence electrons. The second-order valence-corrected chi connectivity index (χ2v) is 5.86. The molecule has 4 aromatic heterocycles. The summed E-state index contributed by atoms with van der Waals surface area (Å²) in [5.74, 6) is 1.56. The van der Waals surface area contributed by atoms with Gasteiger partial charge in [0, 0.05) is 25.4 Å². The maximum atomic E-state index is 12.6. The first-order chi connectivity index (χ1) is 12.6. The van der Waals surface area contributed by atoms with Crippen LogP contribution in [0.4, 0.5) is 0 Å². The Balaban J connectivity index is 1.53. The molecule has 0 saturated heterocycles. The van der Waals surface area contributed by atoms with Crippen molar-refractivity contribution in [1.82, 2.24) is 29.5 Å². The average molecular weight is 352 g/mol. The fourth-order valence-corrected chi connectivity index (χ4v) is 2.77. The van der Waals surface area contributed by atoms with E-state index in [1.807, 2.05) is 6.07 Å². The highest BCUT2D eigenvalue weighted by atomic mass is 16.3. The van der Waals surface area contributed by atoms with Crippen molar-refractivity contribution in [2.45, 2.75) is 19.9 Å². The van der Waals surface area contributed by atoms with Crippen LogP contribution in [0.3, 0.4) is 0 Å². The number of aromatic nitrogens is 5. The van der Waals surface area contributed by atoms with Gasteiger partial charge in [-0.2, -0.15) is 9.50 Å². The standard InChI is InChI=1S/C17H16N6O3/c1-11-20-17-19-9-13-14(23(17)21-11)5-7-22(16(13)25)10-15(24)18-6-4-12-3-2-8-26-12/h2-3,5,7-9H,4,6,10H2,1H3,(H,18,24). The van der Waals surface area contributed by atoms with Gasteiger partial charge in [0.2, 0.25) is 5.91 Å². The molecule has 9 heteroatoms. The minimum Gasteiger partial charge on any atom is -0.469 e. The van der Waals surface area contributed by atoms with E-state index in [0.717, 1.165) is 5.76 Å². The molecule has 0 atom stereocenters. The molecule has 0 radical (unpaired) electrons. The van der Waals surface area contributed by atoms with Gasteiger partial charge < -0.3 is 14.3 Å². The number of nitrogens with one attached hydrogen (secondary N) is 1. The van der Waals surface area contributed by atoms with Gasteiger partial charge in [0.1, 0.15) is 18.1 Å². The van der Waals surface area contributed by atoms with Gasteiger partial charge in [-0.3, -0.25) is 9.59 Å². The van der Waals surface area contributed by atoms with Crippen molar-refractivity contribution in [3.63, 3.8) is 0 Å². The fraction of sp³-hybridized carbons (Fsp3) is 0.235. The number of nitrogens with zero attached hydrogens (tertiary/aromatic N) is 5. The first-order valence-corrected chi connectivity index (χ1v) is 8.12. The maximum Gasteiger partial charge on any atom is 0.262 e. The van der Waals surface area contributed by atoms with E-state index in [1.165, 1.54) is 15.3 Å². The lowest BCUT2D eigenvalue weighted by Crippen LogP contribution is -2.33. The lowest BCUT2D eigenvalue weighted by Gasteiger charge is -2.08. The van der Waals surface area contributed by atoms with Crippen molar-refractivity contribution in [3.05, 3.63) is 58.8 Å². The van der Waals surface area contributed by atoms with E-state index in [4.69, 9.17) is 4.42 Å². The van der Waals surface area contributed by atoms with Crippen LogP contribution in [0.15, 0.2) is 46.1 Å². The first kappa shape index (κ1) is 16.0. The number of aryl methyl sites for hydroxylation is 1. The highest BCUT2D eigenvalue weighted by Gasteiger charge is 2.11. The Morgan fingerprint density at radius 2 is 2.23 bits per heavy atom. The van der Waals surface area contributed by atoms with Crippen LogP contribution in [0, 0.1) is 6.92 Å². The summed E-state index contributed by atoms with van der Waals surface area (Å²) in [7, 11) is 0. The lowest BCUT2D eigenvalue weighted by molar-refractivity contribution is -0.121. The third kappa shape index (κ3) is 2.94. The Morgan fingerprint density at radius 3 is 3.04 bits per heavy atom. The molecule has 0 aliphatic carbocycles. The topological polar surface area (TPSA) is 107 Å². The second-order valence-electron chi connectivity index (χ2n) is 5.86. The molecule has 4 rings (SSSR count). The molecule has 1 amide bonds. The quantitative estimate of drug-likeness (QED) is 0.566. The fourth-order valence-electron chi connectivity index (χ4n) is 2.77. The molecule has 0 unspecified atom stereocenters. The van der Waals surface area contributed by atoms with Gasteiger partial charge in [0.15, 0.2) is 0 Å². The highest BCUT2D eigenvalue weighted by Crippen LogP contribution is 2.10. The molecule has 1 N–H and O–H groups in total. The Hall–Kier alpha value is -3.49. The summed E-state index contributed by atoms with van der Waals surface area (Å²) in [6, 6.07) is 5.38. The van der Waals surface area contributed by atoms with Gasteiger partial charge in [0.05, 0.1) is 17.2 Å². The smallest absolute Gasteiger partial charge is 0.262 e. The van der Waals surface area contributed by atoms with Crippen molar-refractivity contribution >= 4 is 22.6 Å². The summed E-state index contributed by atoms with van der Waals surface area (Å²) < 4.78 is 8.09. The normalized spacial score (nSPS) is 11.3. The molecule has 0 saturated carbocycles. The number of pyridine rings is 1. The number of amides is 1. The predicted octanol–water partition coefficient (Wildman–Crippen LogP) is 0.700. The van der Waals surface area contributed by atoms with Gasteiger partial charge in [-0.15, -0.1) is 5.10 Å². The van der Waals surface area contributed by atoms with Crippen molar-refractivity contribution in [1.29, 1.82) is 0 Å². The van der Waals surface area contributed by atoms with Crippen LogP contribution in [0.1, 0.15) is 11.6 Å². The van der Waals surface area contributed by atoms with E-state index >= 15 is 0 Å². The Labute approximate surface area is 147 Å². The zero-order valence-corrected chi connectivity index (χ0v) is 14.0. The number of furan rings is 1. The molecular weight excluding hydrogens is 336 g/mol. The summed E-state index contributed by atoms with van der Waals surface area (Å²) in [4.78, 5) is 33.1. The molecule has 4 heterocycles. The Morgan fingerprint density at radius 1 is 1.35 bits per heavy atom. The van der Waals surface area contributed by atoms with Crippen molar-refractivity contribution in [2.24, 2.45) is 0 Å². The number of hydrogen-bond donors (Lipinski definition) is 1. The summed E-state index contributed by atoms with van der Waals surface area (Å²) >= 11 is 0. The van der Waals surface area contributed by atoms with E-state index in [9.17, 15) is 9.59 Å². The molecular formula is C17H16N6O3. The number of hydrogen-bond acceptors (Lipinski definition) is 6. The zero-order valence-electron chi connectivity index (χ0n) is 14.0. The third-order valence-electron chi connectivity index (χ3n) is 4.00. The van der Waals surface area contributed by atoms with Gasteiger partial charge in [-0.05, 0) is 25.1 Å². The van der Waals surface area contributed by atoms with Crippen LogP contribution in [0.5, 0.6) is 0 Å². The molecule has 4 aromatic rings. The van der Waals surface area contributed by atoms with Gasteiger partial charge in [0.25, 0.3) is 11.3 Å². The van der Waals surface area contributed by atoms with Crippen LogP contribution >= 0.6 is 0 Å². The van der Waals surface area contributed by atoms with Crippen LogP contribution in [0.2, 0.25) is 0 Å². The number of rotatable bonds is 5. The third-order valence-corrected chi connectivity index (χ3v) is 4.00. The van der Waals surface area contributed by atoms with Crippen LogP contribution in [-0.2, 0) is 17.8 Å². The van der Waals surface area contributed by atoms with Crippen LogP contribution in [-0.4, -0.2) is 36.6 Å². The summed E-state index contributed by atoms with van der Waals surface area (Å²) in [6.07, 6.45) is 5.23. The van der Waals surface area contributed by atoms with E-state index in [0.29, 0.717) is 35.5 Å². The minimum absolute atomic E-state index is 0.0681. The molecule has 26 heavy (non-hydrogen) atoms. The van der Waals surface area contributed by atoms with Crippen molar-refractivity contribution in [2.75, 3.05) is 6.54 Å². The van der Waals surface area contributed by atoms with Crippen LogP contribution < -0.4 is 10.9 Å². The van der Waals surface area contributed by atoms with E-state index in [-0.39, 0.29) is 18.0 Å². The first-order valence-electron chi connectivity index (χ1n) is 8.12. The van der Waals surface area contributed by atoms with Gasteiger partial charge >= 0.3 is 0 Å². The second kappa shape index (κ2) is 6.43. The maximum absolute atomic E-state index is 12.6. The summed E-state index contributed by atoms with van der Waals surface area (Å²) in [5.41, 5.74) is 0.307. The average Bonchev–Trinajstić information content (AvgIpc) is 3.25. The molecule has 0 aliphatic rings. The molecule has 0 aliphatic heterocycles. The minimum atomic E-state index is -0.300. The summed E-state index contributed by atoms with van der Waals surface area (Å²) in [5, 5.41) is 7.40. The zero-order chi connectivity index (χ0) is 18.1. The van der Waals surface area contributed by atoms with Gasteiger partial charge in [-0.25, -0.2) is 4.98 Å². The molecule has 0 spiro atoms. The lowest BCUT2D eigenvalue weighted by atomic mass is 10.3. The highest BCUT2D eigenvalue weighted by molar-refractivity contribution is 5.80. The van der Waals surface area contributed by atoms with E-state index in [1.54, 1.807) is 31.5 Å². The number of carbonyl (C=O) groups excluding carboxylic acids is 1. The van der Waals surface area contributed by atoms with Crippen molar-refractivity contribution < 1.29 is 9.21 Å². The Kier molecular flexibility index (Phi) is 3.96. The molecule has 9 nitrogen and oxygen atoms in total. The predicted molar refractivity (Wildman–Crippen MR) is 92.7 cm³/mol. The Bertz CT molecular complexity index is 1140. The van der Waals surface area contributed by atoms with Crippen LogP contribution in [0.25, 0.3) is 16.7 Å². The monoisotopic (exact) mass is 352 g/mol. The summed E-state index contributed by atoms with van der Waals surface area (Å²) in [6.45, 7) is 2.13. The van der Waals surface area contributed by atoms with Gasteiger partial charge in [-0.1, -0.05) is 0 Å². The number of carbonyl (C=O) groups is 1. The number of fused-ring (bicyclic) bond motifs is 3. The van der Waals surface area contributed by atoms with Crippen molar-refractivity contribution in [3.8, 4) is 0 Å². The van der Waals surface area contributed by atoms with E-state index < -0.39 is 0 Å². The molecule has 0 aromatic carbocycles.